The average molecular weight is 404 g/mol. The molecule has 142 valence electrons. The first-order valence-electron chi connectivity index (χ1n) is 7.30. The fourth-order valence-electron chi connectivity index (χ4n) is 2.22. The fraction of sp³-hybridized carbons (Fsp3) is 0.0769. The Labute approximate surface area is 158 Å². The molecule has 0 radical (unpaired) electrons. The van der Waals surface area contributed by atoms with Crippen LogP contribution in [0.5, 0.6) is 0 Å². The largest absolute Gasteiger partial charge is 0.322 e. The van der Waals surface area contributed by atoms with Crippen LogP contribution in [0.1, 0.15) is 11.7 Å². The average Bonchev–Trinajstić information content (AvgIpc) is 3.05. The van der Waals surface area contributed by atoms with Gasteiger partial charge in [-0.2, -0.15) is 4.98 Å². The molecular weight excluding hydrogens is 396 g/mol. The highest BCUT2D eigenvalue weighted by Crippen LogP contribution is 2.22. The van der Waals surface area contributed by atoms with Gasteiger partial charge in [0.2, 0.25) is 10.7 Å². The molecule has 0 aliphatic rings. The van der Waals surface area contributed by atoms with Crippen molar-refractivity contribution in [2.24, 2.45) is 0 Å². The van der Waals surface area contributed by atoms with E-state index in [0.717, 1.165) is 12.3 Å². The molecule has 1 amide bonds. The second-order valence-corrected chi connectivity index (χ2v) is 5.63. The van der Waals surface area contributed by atoms with Crippen molar-refractivity contribution in [3.8, 4) is 0 Å². The minimum absolute atomic E-state index is 0.00411. The van der Waals surface area contributed by atoms with Gasteiger partial charge in [0.25, 0.3) is 11.5 Å². The molecule has 0 saturated carbocycles. The Bertz CT molecular complexity index is 1190. The zero-order valence-corrected chi connectivity index (χ0v) is 14.3. The van der Waals surface area contributed by atoms with Gasteiger partial charge in [-0.1, -0.05) is 0 Å². The van der Waals surface area contributed by atoms with E-state index >= 15 is 0 Å². The number of nitro groups is 2. The quantitative estimate of drug-likeness (QED) is 0.228. The van der Waals surface area contributed by atoms with Crippen LogP contribution in [0.15, 0.2) is 24.4 Å². The number of amides is 1. The number of non-ortho nitro benzene ring substituents is 1. The van der Waals surface area contributed by atoms with Crippen LogP contribution in [0.4, 0.5) is 11.6 Å². The van der Waals surface area contributed by atoms with Crippen LogP contribution >= 0.6 is 12.2 Å². The van der Waals surface area contributed by atoms with Crippen LogP contribution < -0.4 is 5.32 Å². The minimum Gasteiger partial charge on any atom is -0.288 e. The molecule has 15 heteroatoms. The van der Waals surface area contributed by atoms with Gasteiger partial charge in [-0.05, 0) is 18.3 Å². The molecule has 0 fully saturated rings. The number of aromatic amines is 2. The van der Waals surface area contributed by atoms with E-state index in [4.69, 9.17) is 0 Å². The molecule has 3 N–H and O–H groups in total. The zero-order chi connectivity index (χ0) is 20.4. The third-order valence-corrected chi connectivity index (χ3v) is 3.64. The lowest BCUT2D eigenvalue weighted by molar-refractivity contribution is -0.513. The normalized spacial score (nSPS) is 11.7. The van der Waals surface area contributed by atoms with E-state index in [2.05, 4.69) is 37.4 Å². The van der Waals surface area contributed by atoms with Crippen molar-refractivity contribution in [2.75, 3.05) is 5.32 Å². The van der Waals surface area contributed by atoms with E-state index in [1.807, 2.05) is 5.32 Å². The lowest BCUT2D eigenvalue weighted by Crippen LogP contribution is -2.33. The zero-order valence-electron chi connectivity index (χ0n) is 13.5. The van der Waals surface area contributed by atoms with Gasteiger partial charge in [0.05, 0.1) is 22.2 Å². The second-order valence-electron chi connectivity index (χ2n) is 5.25. The van der Waals surface area contributed by atoms with Crippen molar-refractivity contribution in [2.45, 2.75) is 6.04 Å². The summed E-state index contributed by atoms with van der Waals surface area (Å²) in [5.41, 5.74) is -0.580. The van der Waals surface area contributed by atoms with E-state index in [1.165, 1.54) is 12.1 Å². The lowest BCUT2D eigenvalue weighted by Gasteiger charge is -2.08. The number of benzene rings is 1. The van der Waals surface area contributed by atoms with Crippen LogP contribution in [0.25, 0.3) is 11.0 Å². The summed E-state index contributed by atoms with van der Waals surface area (Å²) in [6.45, 7) is 0. The van der Waals surface area contributed by atoms with Crippen LogP contribution in [-0.4, -0.2) is 46.7 Å². The Morgan fingerprint density at radius 3 is 2.50 bits per heavy atom. The number of hydrogen-bond acceptors (Lipinski definition) is 10. The van der Waals surface area contributed by atoms with Gasteiger partial charge in [0.1, 0.15) is 5.69 Å². The van der Waals surface area contributed by atoms with E-state index in [-0.39, 0.29) is 27.4 Å². The lowest BCUT2D eigenvalue weighted by atomic mass is 10.1. The van der Waals surface area contributed by atoms with Crippen molar-refractivity contribution in [3.63, 3.8) is 0 Å². The summed E-state index contributed by atoms with van der Waals surface area (Å²) in [6, 6.07) is 1.38. The molecule has 28 heavy (non-hydrogen) atoms. The first kappa shape index (κ1) is 18.6. The van der Waals surface area contributed by atoms with Gasteiger partial charge in [-0.25, -0.2) is 4.98 Å². The van der Waals surface area contributed by atoms with E-state index in [9.17, 15) is 29.8 Å². The molecule has 3 aromatic rings. The van der Waals surface area contributed by atoms with E-state index < -0.39 is 33.3 Å². The fourth-order valence-corrected chi connectivity index (χ4v) is 2.36. The maximum Gasteiger partial charge on any atom is 0.322 e. The van der Waals surface area contributed by atoms with Gasteiger partial charge in [0, 0.05) is 17.1 Å². The standard InChI is InChI=1S/C13H8N8O6S/c22-10(11(23)16-12-17-13(28)19-18-12)9(21(26)27)8-4-14-6-2-1-5(20(24)25)3-7(6)15-8/h1-4,9H,(H3,16,17,18,19,23,28)/t9-/m0/s1. The van der Waals surface area contributed by atoms with Crippen molar-refractivity contribution in [1.29, 1.82) is 0 Å². The second kappa shape index (κ2) is 7.23. The summed E-state index contributed by atoms with van der Waals surface area (Å²) in [5.74, 6) is -2.97. The summed E-state index contributed by atoms with van der Waals surface area (Å²) in [5, 5.41) is 29.0. The molecule has 1 atom stereocenters. The topological polar surface area (TPSA) is 203 Å². The van der Waals surface area contributed by atoms with Crippen LogP contribution in [0, 0.1) is 25.0 Å². The number of Topliss-reactive ketones (excluding diaryl/α,β-unsaturated/α-hetero) is 1. The number of ketones is 1. The van der Waals surface area contributed by atoms with E-state index in [1.54, 1.807) is 0 Å². The summed E-state index contributed by atoms with van der Waals surface area (Å²) in [7, 11) is 0. The Hall–Kier alpha value is -4.14. The maximum absolute atomic E-state index is 12.3. The SMILES string of the molecule is O=C(Nc1nc(=S)[nH][nH]1)C(=O)[C@H](c1cnc2ccc([N+](=O)[O-])cc2n1)[N+](=O)[O-]. The number of aromatic nitrogens is 5. The highest BCUT2D eigenvalue weighted by molar-refractivity contribution is 7.71. The molecular formula is C13H8N8O6S. The molecule has 0 aliphatic carbocycles. The molecule has 3 rings (SSSR count). The Morgan fingerprint density at radius 1 is 1.14 bits per heavy atom. The molecule has 2 heterocycles. The van der Waals surface area contributed by atoms with Crippen LogP contribution in [0.3, 0.4) is 0 Å². The van der Waals surface area contributed by atoms with Crippen LogP contribution in [0.2, 0.25) is 0 Å². The number of nitro benzene ring substituents is 1. The van der Waals surface area contributed by atoms with E-state index in [0.29, 0.717) is 0 Å². The van der Waals surface area contributed by atoms with Gasteiger partial charge < -0.3 is 0 Å². The third kappa shape index (κ3) is 3.68. The molecule has 2 aromatic heterocycles. The molecule has 0 spiro atoms. The van der Waals surface area contributed by atoms with Gasteiger partial charge in [-0.15, -0.1) is 0 Å². The van der Waals surface area contributed by atoms with Gasteiger partial charge in [-0.3, -0.25) is 50.3 Å². The number of H-pyrrole nitrogens is 2. The van der Waals surface area contributed by atoms with Gasteiger partial charge >= 0.3 is 11.9 Å². The van der Waals surface area contributed by atoms with Crippen LogP contribution in [-0.2, 0) is 9.59 Å². The van der Waals surface area contributed by atoms with Crippen molar-refractivity contribution in [3.05, 3.63) is 55.1 Å². The Balaban J connectivity index is 1.95. The van der Waals surface area contributed by atoms with Crippen molar-refractivity contribution in [1.82, 2.24) is 25.1 Å². The number of nitrogens with zero attached hydrogens (tertiary/aromatic N) is 5. The highest BCUT2D eigenvalue weighted by atomic mass is 32.1. The predicted octanol–water partition coefficient (Wildman–Crippen LogP) is 0.844. The molecule has 0 unspecified atom stereocenters. The molecule has 0 bridgehead atoms. The number of fused-ring (bicyclic) bond motifs is 1. The summed E-state index contributed by atoms with van der Waals surface area (Å²) in [4.78, 5) is 56.4. The number of hydrogen-bond donors (Lipinski definition) is 3. The molecule has 0 aliphatic heterocycles. The molecule has 1 aromatic carbocycles. The maximum atomic E-state index is 12.3. The Kier molecular flexibility index (Phi) is 4.82. The smallest absolute Gasteiger partial charge is 0.288 e. The Morgan fingerprint density at radius 2 is 1.89 bits per heavy atom. The summed E-state index contributed by atoms with van der Waals surface area (Å²) < 4.78 is -0.00411. The highest BCUT2D eigenvalue weighted by Gasteiger charge is 2.39. The number of carbonyl (C=O) groups excluding carboxylic acids is 2. The minimum atomic E-state index is -2.17. The monoisotopic (exact) mass is 404 g/mol. The number of nitrogens with one attached hydrogen (secondary N) is 3. The number of anilines is 1. The van der Waals surface area contributed by atoms with Gasteiger partial charge in [0.15, 0.2) is 0 Å². The number of rotatable bonds is 6. The first-order valence-corrected chi connectivity index (χ1v) is 7.71. The third-order valence-electron chi connectivity index (χ3n) is 3.45. The van der Waals surface area contributed by atoms with Crippen molar-refractivity contribution < 1.29 is 19.4 Å². The summed E-state index contributed by atoms with van der Waals surface area (Å²) in [6.07, 6.45) is 0.953. The molecule has 0 saturated heterocycles. The van der Waals surface area contributed by atoms with Crippen molar-refractivity contribution >= 4 is 46.6 Å². The summed E-state index contributed by atoms with van der Waals surface area (Å²) >= 11 is 4.69. The first-order chi connectivity index (χ1) is 13.3. The molecule has 14 nitrogen and oxygen atoms in total. The number of carbonyl (C=O) groups is 2. The predicted molar refractivity (Wildman–Crippen MR) is 93.3 cm³/mol.